The molecule has 0 radical (unpaired) electrons. The van der Waals surface area contributed by atoms with E-state index in [2.05, 4.69) is 4.98 Å². The van der Waals surface area contributed by atoms with Gasteiger partial charge in [-0.15, -0.1) is 0 Å². The van der Waals surface area contributed by atoms with Crippen LogP contribution in [-0.4, -0.2) is 60.7 Å². The predicted molar refractivity (Wildman–Crippen MR) is 79.6 cm³/mol. The van der Waals surface area contributed by atoms with Crippen LogP contribution in [-0.2, 0) is 9.47 Å². The Morgan fingerprint density at radius 3 is 2.48 bits per heavy atom. The molecule has 0 aliphatic heterocycles. The smallest absolute Gasteiger partial charge is 0.274 e. The SMILES string of the molecule is COCCN(CCOC)C(=O)c1cn2c(C)cccc2n1. The quantitative estimate of drug-likeness (QED) is 0.773. The van der Waals surface area contributed by atoms with Crippen LogP contribution in [0.1, 0.15) is 16.2 Å². The van der Waals surface area contributed by atoms with E-state index in [1.54, 1.807) is 25.3 Å². The molecule has 0 N–H and O–H groups in total. The van der Waals surface area contributed by atoms with Crippen LogP contribution < -0.4 is 0 Å². The van der Waals surface area contributed by atoms with Crippen LogP contribution in [0.15, 0.2) is 24.4 Å². The summed E-state index contributed by atoms with van der Waals surface area (Å²) in [5.41, 5.74) is 2.26. The number of nitrogens with zero attached hydrogens (tertiary/aromatic N) is 3. The largest absolute Gasteiger partial charge is 0.383 e. The molecule has 6 heteroatoms. The van der Waals surface area contributed by atoms with Crippen LogP contribution in [0, 0.1) is 6.92 Å². The number of imidazole rings is 1. The highest BCUT2D eigenvalue weighted by atomic mass is 16.5. The second-order valence-corrected chi connectivity index (χ2v) is 4.80. The van der Waals surface area contributed by atoms with Crippen molar-refractivity contribution in [1.29, 1.82) is 0 Å². The molecule has 114 valence electrons. The lowest BCUT2D eigenvalue weighted by Crippen LogP contribution is -2.36. The normalized spacial score (nSPS) is 11.0. The van der Waals surface area contributed by atoms with Crippen molar-refractivity contribution in [1.82, 2.24) is 14.3 Å². The summed E-state index contributed by atoms with van der Waals surface area (Å²) in [5.74, 6) is -0.104. The summed E-state index contributed by atoms with van der Waals surface area (Å²) in [4.78, 5) is 18.7. The Labute approximate surface area is 124 Å². The molecule has 1 amide bonds. The first-order valence-electron chi connectivity index (χ1n) is 6.89. The second-order valence-electron chi connectivity index (χ2n) is 4.80. The van der Waals surface area contributed by atoms with E-state index in [1.807, 2.05) is 29.5 Å². The molecule has 0 atom stereocenters. The number of hydrogen-bond donors (Lipinski definition) is 0. The Bertz CT molecular complexity index is 601. The molecule has 0 fully saturated rings. The number of carbonyl (C=O) groups excluding carboxylic acids is 1. The van der Waals surface area contributed by atoms with Crippen molar-refractivity contribution < 1.29 is 14.3 Å². The second kappa shape index (κ2) is 7.19. The maximum Gasteiger partial charge on any atom is 0.274 e. The molecule has 2 aromatic heterocycles. The van der Waals surface area contributed by atoms with Crippen LogP contribution in [0.2, 0.25) is 0 Å². The van der Waals surface area contributed by atoms with Gasteiger partial charge in [-0.25, -0.2) is 4.98 Å². The van der Waals surface area contributed by atoms with Crippen molar-refractivity contribution in [3.63, 3.8) is 0 Å². The number of ether oxygens (including phenoxy) is 2. The van der Waals surface area contributed by atoms with Gasteiger partial charge in [0.15, 0.2) is 0 Å². The number of fused-ring (bicyclic) bond motifs is 1. The number of carbonyl (C=O) groups is 1. The summed E-state index contributed by atoms with van der Waals surface area (Å²) < 4.78 is 12.0. The highest BCUT2D eigenvalue weighted by Crippen LogP contribution is 2.10. The van der Waals surface area contributed by atoms with E-state index < -0.39 is 0 Å². The number of hydrogen-bond acceptors (Lipinski definition) is 4. The number of pyridine rings is 1. The van der Waals surface area contributed by atoms with Gasteiger partial charge in [-0.05, 0) is 19.1 Å². The van der Waals surface area contributed by atoms with Gasteiger partial charge in [0.25, 0.3) is 5.91 Å². The van der Waals surface area contributed by atoms with Crippen LogP contribution in [0.5, 0.6) is 0 Å². The van der Waals surface area contributed by atoms with E-state index in [4.69, 9.17) is 9.47 Å². The molecule has 0 saturated carbocycles. The standard InChI is InChI=1S/C15H21N3O3/c1-12-5-4-6-14-16-13(11-18(12)14)15(19)17(7-9-20-2)8-10-21-3/h4-6,11H,7-10H2,1-3H3. The molecule has 2 rings (SSSR count). The average Bonchev–Trinajstić information content (AvgIpc) is 2.92. The van der Waals surface area contributed by atoms with Gasteiger partial charge in [-0.3, -0.25) is 4.79 Å². The van der Waals surface area contributed by atoms with Crippen molar-refractivity contribution in [3.8, 4) is 0 Å². The zero-order valence-corrected chi connectivity index (χ0v) is 12.7. The van der Waals surface area contributed by atoms with Gasteiger partial charge < -0.3 is 18.8 Å². The van der Waals surface area contributed by atoms with Crippen molar-refractivity contribution in [2.45, 2.75) is 6.92 Å². The molecule has 0 spiro atoms. The minimum atomic E-state index is -0.104. The molecular weight excluding hydrogens is 270 g/mol. The fourth-order valence-electron chi connectivity index (χ4n) is 2.13. The fraction of sp³-hybridized carbons (Fsp3) is 0.467. The topological polar surface area (TPSA) is 56.1 Å². The zero-order valence-electron chi connectivity index (χ0n) is 12.7. The maximum absolute atomic E-state index is 12.6. The van der Waals surface area contributed by atoms with Crippen molar-refractivity contribution in [2.24, 2.45) is 0 Å². The summed E-state index contributed by atoms with van der Waals surface area (Å²) in [6.45, 7) is 4.00. The Balaban J connectivity index is 2.22. The van der Waals surface area contributed by atoms with E-state index in [0.717, 1.165) is 11.3 Å². The molecule has 0 aromatic carbocycles. The third-order valence-corrected chi connectivity index (χ3v) is 3.33. The van der Waals surface area contributed by atoms with E-state index in [-0.39, 0.29) is 5.91 Å². The number of methoxy groups -OCH3 is 2. The maximum atomic E-state index is 12.6. The third-order valence-electron chi connectivity index (χ3n) is 3.33. The van der Waals surface area contributed by atoms with Gasteiger partial charge in [-0.1, -0.05) is 6.07 Å². The third kappa shape index (κ3) is 3.59. The number of amides is 1. The first-order chi connectivity index (χ1) is 10.2. The molecule has 21 heavy (non-hydrogen) atoms. The van der Waals surface area contributed by atoms with Gasteiger partial charge in [0.05, 0.1) is 13.2 Å². The predicted octanol–water partition coefficient (Wildman–Crippen LogP) is 1.38. The van der Waals surface area contributed by atoms with E-state index in [0.29, 0.717) is 32.0 Å². The molecule has 0 saturated heterocycles. The van der Waals surface area contributed by atoms with Gasteiger partial charge in [0.2, 0.25) is 0 Å². The van der Waals surface area contributed by atoms with Crippen molar-refractivity contribution in [3.05, 3.63) is 35.8 Å². The first kappa shape index (κ1) is 15.5. The van der Waals surface area contributed by atoms with E-state index in [9.17, 15) is 4.79 Å². The Kier molecular flexibility index (Phi) is 5.30. The molecule has 0 bridgehead atoms. The van der Waals surface area contributed by atoms with Gasteiger partial charge >= 0.3 is 0 Å². The molecule has 0 aliphatic carbocycles. The molecule has 2 heterocycles. The summed E-state index contributed by atoms with van der Waals surface area (Å²) >= 11 is 0. The lowest BCUT2D eigenvalue weighted by Gasteiger charge is -2.20. The number of aryl methyl sites for hydroxylation is 1. The Hall–Kier alpha value is -1.92. The van der Waals surface area contributed by atoms with E-state index in [1.165, 1.54) is 0 Å². The lowest BCUT2D eigenvalue weighted by atomic mass is 10.3. The molecule has 0 aliphatic rings. The minimum Gasteiger partial charge on any atom is -0.383 e. The first-order valence-corrected chi connectivity index (χ1v) is 6.89. The van der Waals surface area contributed by atoms with Crippen molar-refractivity contribution >= 4 is 11.6 Å². The molecule has 6 nitrogen and oxygen atoms in total. The number of aromatic nitrogens is 2. The summed E-state index contributed by atoms with van der Waals surface area (Å²) in [7, 11) is 3.24. The van der Waals surface area contributed by atoms with Crippen molar-refractivity contribution in [2.75, 3.05) is 40.5 Å². The minimum absolute atomic E-state index is 0.104. The van der Waals surface area contributed by atoms with E-state index >= 15 is 0 Å². The van der Waals surface area contributed by atoms with Gasteiger partial charge in [0.1, 0.15) is 11.3 Å². The van der Waals surface area contributed by atoms with Crippen LogP contribution in [0.4, 0.5) is 0 Å². The van der Waals surface area contributed by atoms with Gasteiger partial charge in [0, 0.05) is 39.2 Å². The van der Waals surface area contributed by atoms with Crippen LogP contribution in [0.25, 0.3) is 5.65 Å². The average molecular weight is 291 g/mol. The van der Waals surface area contributed by atoms with Gasteiger partial charge in [-0.2, -0.15) is 0 Å². The molecule has 0 unspecified atom stereocenters. The highest BCUT2D eigenvalue weighted by molar-refractivity contribution is 5.93. The summed E-state index contributed by atoms with van der Waals surface area (Å²) in [6.07, 6.45) is 1.78. The molecule has 2 aromatic rings. The Morgan fingerprint density at radius 1 is 1.24 bits per heavy atom. The lowest BCUT2D eigenvalue weighted by molar-refractivity contribution is 0.0622. The van der Waals surface area contributed by atoms with Crippen LogP contribution in [0.3, 0.4) is 0 Å². The highest BCUT2D eigenvalue weighted by Gasteiger charge is 2.18. The zero-order chi connectivity index (χ0) is 15.2. The van der Waals surface area contributed by atoms with Crippen LogP contribution >= 0.6 is 0 Å². The Morgan fingerprint density at radius 2 is 1.90 bits per heavy atom. The fourth-order valence-corrected chi connectivity index (χ4v) is 2.13. The number of rotatable bonds is 7. The summed E-state index contributed by atoms with van der Waals surface area (Å²) in [5, 5.41) is 0. The monoisotopic (exact) mass is 291 g/mol. The summed E-state index contributed by atoms with van der Waals surface area (Å²) in [6, 6.07) is 5.80. The molecular formula is C15H21N3O3.